The third-order valence-electron chi connectivity index (χ3n) is 3.24. The second kappa shape index (κ2) is 9.82. The summed E-state index contributed by atoms with van der Waals surface area (Å²) in [7, 11) is 3.31. The van der Waals surface area contributed by atoms with E-state index in [0.29, 0.717) is 11.0 Å². The minimum absolute atomic E-state index is 0.0362. The van der Waals surface area contributed by atoms with Crippen molar-refractivity contribution >= 4 is 19.8 Å². The number of phosphoric acid groups is 1. The van der Waals surface area contributed by atoms with Crippen LogP contribution in [0.25, 0.3) is 0 Å². The van der Waals surface area contributed by atoms with Crippen molar-refractivity contribution < 1.29 is 47.2 Å². The molecule has 0 bridgehead atoms. The number of nitrogens with zero attached hydrogens (tertiary/aromatic N) is 1. The maximum atomic E-state index is 12.3. The van der Waals surface area contributed by atoms with Gasteiger partial charge in [-0.2, -0.15) is 0 Å². The molecule has 0 aliphatic carbocycles. The summed E-state index contributed by atoms with van der Waals surface area (Å²) in [6.07, 6.45) is 0. The van der Waals surface area contributed by atoms with Crippen molar-refractivity contribution in [3.05, 3.63) is 29.3 Å². The summed E-state index contributed by atoms with van der Waals surface area (Å²) in [5.74, 6) is -2.53. The van der Waals surface area contributed by atoms with Gasteiger partial charge < -0.3 is 19.4 Å². The van der Waals surface area contributed by atoms with Crippen molar-refractivity contribution in [3.8, 4) is 5.75 Å². The smallest absolute Gasteiger partial charge is 0.474 e. The van der Waals surface area contributed by atoms with E-state index in [1.165, 1.54) is 19.2 Å². The number of quaternary nitrogens is 1. The summed E-state index contributed by atoms with van der Waals surface area (Å²) in [6.45, 7) is 0.467. The Morgan fingerprint density at radius 2 is 1.48 bits per heavy atom. The fraction of sp³-hybridized carbons (Fsp3) is 0.500. The lowest BCUT2D eigenvalue weighted by atomic mass is 10.1. The number of carboxylic acids is 2. The van der Waals surface area contributed by atoms with Crippen LogP contribution in [-0.2, 0) is 18.1 Å². The molecule has 0 fully saturated rings. The molecule has 0 amide bonds. The first-order valence-electron chi connectivity index (χ1n) is 7.95. The predicted molar refractivity (Wildman–Crippen MR) is 95.3 cm³/mol. The topological polar surface area (TPSA) is 129 Å². The quantitative estimate of drug-likeness (QED) is 0.304. The number of aromatic carboxylic acids is 2. The Labute approximate surface area is 157 Å². The zero-order valence-corrected chi connectivity index (χ0v) is 16.6. The van der Waals surface area contributed by atoms with Gasteiger partial charge in [0.2, 0.25) is 0 Å². The molecule has 0 radical (unpaired) electrons. The van der Waals surface area contributed by atoms with Gasteiger partial charge in [0.15, 0.2) is 0 Å². The third kappa shape index (κ3) is 8.51. The lowest BCUT2D eigenvalue weighted by Crippen LogP contribution is -2.37. The molecule has 0 heterocycles. The van der Waals surface area contributed by atoms with Crippen LogP contribution in [0.1, 0.15) is 20.7 Å². The molecule has 0 saturated carbocycles. The van der Waals surface area contributed by atoms with Crippen LogP contribution < -0.4 is 4.74 Å². The molecule has 0 aromatic heterocycles. The number of rotatable bonds is 12. The Hall–Kier alpha value is -1.97. The van der Waals surface area contributed by atoms with E-state index in [2.05, 4.69) is 0 Å². The summed E-state index contributed by atoms with van der Waals surface area (Å²) in [4.78, 5) is 22.1. The normalized spacial score (nSPS) is 13.8. The Kier molecular flexibility index (Phi) is 8.39. The second-order valence-corrected chi connectivity index (χ2v) is 8.29. The first kappa shape index (κ1) is 23.1. The van der Waals surface area contributed by atoms with E-state index >= 15 is 0 Å². The van der Waals surface area contributed by atoms with Gasteiger partial charge in [0.25, 0.3) is 0 Å². The molecular weight excluding hydrogens is 381 g/mol. The van der Waals surface area contributed by atoms with Crippen molar-refractivity contribution in [2.24, 2.45) is 0 Å². The third-order valence-corrected chi connectivity index (χ3v) is 4.68. The number of hydrogen-bond acceptors (Lipinski definition) is 7. The maximum absolute atomic E-state index is 12.3. The molecule has 2 N–H and O–H groups in total. The van der Waals surface area contributed by atoms with Gasteiger partial charge in [0, 0.05) is 7.11 Å². The highest BCUT2D eigenvalue weighted by Crippen LogP contribution is 2.48. The van der Waals surface area contributed by atoms with Crippen LogP contribution in [0.4, 0.5) is 0 Å². The number of likely N-dealkylation sites (N-methyl/N-ethyl adjacent to an activating group) is 1. The first-order chi connectivity index (χ1) is 12.5. The summed E-state index contributed by atoms with van der Waals surface area (Å²) in [5, 5.41) is 18.0. The number of hydrogen-bond donors (Lipinski definition) is 2. The minimum Gasteiger partial charge on any atom is -0.491 e. The molecule has 1 rings (SSSR count). The van der Waals surface area contributed by atoms with Gasteiger partial charge in [-0.3, -0.25) is 13.6 Å². The van der Waals surface area contributed by atoms with Crippen LogP contribution in [0.15, 0.2) is 18.2 Å². The van der Waals surface area contributed by atoms with Crippen LogP contribution in [0.5, 0.6) is 5.75 Å². The second-order valence-electron chi connectivity index (χ2n) is 6.51. The van der Waals surface area contributed by atoms with Crippen LogP contribution in [0.2, 0.25) is 0 Å². The van der Waals surface area contributed by atoms with Crippen LogP contribution in [-0.4, -0.2) is 81.3 Å². The van der Waals surface area contributed by atoms with Crippen molar-refractivity contribution in [3.63, 3.8) is 0 Å². The largest absolute Gasteiger partial charge is 0.491 e. The molecule has 0 saturated heterocycles. The molecule has 0 aliphatic heterocycles. The zero-order chi connectivity index (χ0) is 20.7. The van der Waals surface area contributed by atoms with Gasteiger partial charge in [-0.25, -0.2) is 14.2 Å². The fourth-order valence-corrected chi connectivity index (χ4v) is 2.70. The van der Waals surface area contributed by atoms with Crippen molar-refractivity contribution in [1.29, 1.82) is 0 Å². The highest BCUT2D eigenvalue weighted by atomic mass is 31.2. The van der Waals surface area contributed by atoms with Crippen molar-refractivity contribution in [2.75, 3.05) is 54.6 Å². The van der Waals surface area contributed by atoms with Gasteiger partial charge in [-0.05, 0) is 18.2 Å². The number of ether oxygens (including phenoxy) is 1. The monoisotopic (exact) mass is 406 g/mol. The standard InChI is InChI=1S/C16H24NO9P/c1-17(2,3)5-6-25-27(22,23-4)26-8-7-24-14-10-12(15(18)19)9-13(11-14)16(20)21/h9-11H,5-8H2,1-4H3,(H-,18,19,20,21)/p+1. The highest BCUT2D eigenvalue weighted by molar-refractivity contribution is 7.48. The molecule has 1 atom stereocenters. The summed E-state index contributed by atoms with van der Waals surface area (Å²) >= 11 is 0. The zero-order valence-electron chi connectivity index (χ0n) is 15.7. The predicted octanol–water partition coefficient (Wildman–Crippen LogP) is 1.96. The average molecular weight is 406 g/mol. The SMILES string of the molecule is COP(=O)(OCCOc1cc(C(=O)O)cc(C(=O)O)c1)OCC[N+](C)(C)C. The Morgan fingerprint density at radius 1 is 0.963 bits per heavy atom. The average Bonchev–Trinajstić information content (AvgIpc) is 2.57. The van der Waals surface area contributed by atoms with E-state index < -0.39 is 19.8 Å². The van der Waals surface area contributed by atoms with E-state index in [9.17, 15) is 14.2 Å². The van der Waals surface area contributed by atoms with Gasteiger partial charge in [0.1, 0.15) is 25.5 Å². The number of benzene rings is 1. The van der Waals surface area contributed by atoms with E-state index in [4.69, 9.17) is 28.5 Å². The molecule has 11 heteroatoms. The Morgan fingerprint density at radius 3 is 1.93 bits per heavy atom. The number of carbonyl (C=O) groups is 2. The van der Waals surface area contributed by atoms with Crippen LogP contribution in [0, 0.1) is 0 Å². The lowest BCUT2D eigenvalue weighted by Gasteiger charge is -2.24. The van der Waals surface area contributed by atoms with E-state index in [0.717, 1.165) is 6.07 Å². The molecule has 10 nitrogen and oxygen atoms in total. The summed E-state index contributed by atoms with van der Waals surface area (Å²) in [6, 6.07) is 3.39. The highest BCUT2D eigenvalue weighted by Gasteiger charge is 2.26. The fourth-order valence-electron chi connectivity index (χ4n) is 1.81. The van der Waals surface area contributed by atoms with E-state index in [1.807, 2.05) is 21.1 Å². The Bertz CT molecular complexity index is 682. The van der Waals surface area contributed by atoms with Crippen molar-refractivity contribution in [1.82, 2.24) is 0 Å². The number of carboxylic acid groups (broad SMARTS) is 2. The van der Waals surface area contributed by atoms with E-state index in [1.54, 1.807) is 0 Å². The molecule has 1 aromatic rings. The first-order valence-corrected chi connectivity index (χ1v) is 9.41. The van der Waals surface area contributed by atoms with Gasteiger partial charge >= 0.3 is 19.8 Å². The van der Waals surface area contributed by atoms with Crippen LogP contribution in [0.3, 0.4) is 0 Å². The molecule has 27 heavy (non-hydrogen) atoms. The van der Waals surface area contributed by atoms with Crippen molar-refractivity contribution in [2.45, 2.75) is 0 Å². The molecular formula is C16H25NO9P+. The molecule has 152 valence electrons. The molecule has 1 unspecified atom stereocenters. The maximum Gasteiger partial charge on any atom is 0.474 e. The summed E-state index contributed by atoms with van der Waals surface area (Å²) in [5.41, 5.74) is -0.450. The van der Waals surface area contributed by atoms with Crippen LogP contribution >= 0.6 is 7.82 Å². The summed E-state index contributed by atoms with van der Waals surface area (Å²) < 4.78 is 33.3. The van der Waals surface area contributed by atoms with Gasteiger partial charge in [-0.15, -0.1) is 0 Å². The molecule has 0 spiro atoms. The number of phosphoric ester groups is 1. The minimum atomic E-state index is -3.74. The molecule has 1 aromatic carbocycles. The van der Waals surface area contributed by atoms with E-state index in [-0.39, 0.29) is 36.7 Å². The lowest BCUT2D eigenvalue weighted by molar-refractivity contribution is -0.870. The van der Waals surface area contributed by atoms with Gasteiger partial charge in [-0.1, -0.05) is 0 Å². The Balaban J connectivity index is 2.60. The molecule has 0 aliphatic rings. The van der Waals surface area contributed by atoms with Gasteiger partial charge in [0.05, 0.1) is 38.9 Å².